The third-order valence-electron chi connectivity index (χ3n) is 11.0. The van der Waals surface area contributed by atoms with Crippen molar-refractivity contribution in [1.29, 1.82) is 0 Å². The van der Waals surface area contributed by atoms with Gasteiger partial charge in [0, 0.05) is 18.3 Å². The SMILES string of the molecule is CC(C=CC12OC1(C)CC(=O)CC2(C)C)OC1OC(COC(=O)c2ccccc2)C(OC(=O)c2ccccc2)C(OC(=O)c2ccccc2)C1OC(=O)c1ccccc1. The second-order valence-electron chi connectivity index (χ2n) is 15.8. The summed E-state index contributed by atoms with van der Waals surface area (Å²) in [5.74, 6) is -2.98. The highest BCUT2D eigenvalue weighted by Gasteiger charge is 2.75. The maximum atomic E-state index is 13.9. The molecule has 0 aromatic heterocycles. The minimum Gasteiger partial charge on any atom is -0.459 e. The Hall–Kier alpha value is -5.95. The van der Waals surface area contributed by atoms with Gasteiger partial charge in [0.15, 0.2) is 24.6 Å². The zero-order valence-electron chi connectivity index (χ0n) is 33.2. The molecule has 1 saturated carbocycles. The summed E-state index contributed by atoms with van der Waals surface area (Å²) in [5, 5.41) is 0. The highest BCUT2D eigenvalue weighted by Crippen LogP contribution is 2.65. The third-order valence-corrected chi connectivity index (χ3v) is 11.0. The van der Waals surface area contributed by atoms with E-state index in [2.05, 4.69) is 0 Å². The molecular formula is C47H46O12. The van der Waals surface area contributed by atoms with E-state index in [1.54, 1.807) is 134 Å². The standard InChI is InChI=1S/C47H46O12/c1-30(25-26-47-45(2,3)27-35(48)28-46(47,4)59-47)54-44-39(58-43(52)34-23-15-8-16-24-34)38(57-42(51)33-21-13-7-14-22-33)37(56-41(50)32-19-11-6-12-20-32)36(55-44)29-53-40(49)31-17-9-5-10-18-31/h5-26,30,36-39,44H,27-29H2,1-4H3. The van der Waals surface area contributed by atoms with Gasteiger partial charge in [-0.25, -0.2) is 19.2 Å². The van der Waals surface area contributed by atoms with Crippen LogP contribution in [-0.2, 0) is 38.0 Å². The third kappa shape index (κ3) is 8.90. The van der Waals surface area contributed by atoms with Crippen molar-refractivity contribution in [3.8, 4) is 0 Å². The summed E-state index contributed by atoms with van der Waals surface area (Å²) in [6.45, 7) is 7.14. The van der Waals surface area contributed by atoms with Crippen LogP contribution < -0.4 is 0 Å². The van der Waals surface area contributed by atoms with Crippen LogP contribution in [0.25, 0.3) is 0 Å². The molecule has 3 aliphatic rings. The monoisotopic (exact) mass is 802 g/mol. The first-order chi connectivity index (χ1) is 28.3. The minimum atomic E-state index is -1.56. The highest BCUT2D eigenvalue weighted by atomic mass is 16.7. The lowest BCUT2D eigenvalue weighted by Gasteiger charge is -2.44. The van der Waals surface area contributed by atoms with Crippen molar-refractivity contribution < 1.29 is 57.1 Å². The molecule has 2 saturated heterocycles. The largest absolute Gasteiger partial charge is 0.459 e. The van der Waals surface area contributed by atoms with Crippen LogP contribution in [0.1, 0.15) is 82.0 Å². The topological polar surface area (TPSA) is 153 Å². The van der Waals surface area contributed by atoms with Crippen LogP contribution >= 0.6 is 0 Å². The van der Waals surface area contributed by atoms with Gasteiger partial charge < -0.3 is 33.2 Å². The molecule has 306 valence electrons. The van der Waals surface area contributed by atoms with E-state index in [1.807, 2.05) is 26.8 Å². The second kappa shape index (κ2) is 17.1. The summed E-state index contributed by atoms with van der Waals surface area (Å²) in [4.78, 5) is 67.4. The van der Waals surface area contributed by atoms with Gasteiger partial charge >= 0.3 is 23.9 Å². The Bertz CT molecular complexity index is 2170. The van der Waals surface area contributed by atoms with Gasteiger partial charge in [0.25, 0.3) is 0 Å². The maximum absolute atomic E-state index is 13.9. The summed E-state index contributed by atoms with van der Waals surface area (Å²) in [5.41, 5.74) is -1.15. The van der Waals surface area contributed by atoms with Gasteiger partial charge in [-0.05, 0) is 62.4 Å². The van der Waals surface area contributed by atoms with Crippen LogP contribution in [0.3, 0.4) is 0 Å². The molecule has 0 bridgehead atoms. The van der Waals surface area contributed by atoms with Crippen molar-refractivity contribution in [2.24, 2.45) is 5.41 Å². The Kier molecular flexibility index (Phi) is 12.0. The van der Waals surface area contributed by atoms with Crippen molar-refractivity contribution in [3.63, 3.8) is 0 Å². The van der Waals surface area contributed by atoms with Gasteiger partial charge in [-0.1, -0.05) is 98.8 Å². The molecule has 12 nitrogen and oxygen atoms in total. The van der Waals surface area contributed by atoms with E-state index >= 15 is 0 Å². The fraction of sp³-hybridized carbons (Fsp3) is 0.340. The summed E-state index contributed by atoms with van der Waals surface area (Å²) in [7, 11) is 0. The van der Waals surface area contributed by atoms with Crippen LogP contribution in [-0.4, -0.2) is 84.3 Å². The zero-order chi connectivity index (χ0) is 41.8. The normalized spacial score (nSPS) is 27.5. The fourth-order valence-electron chi connectivity index (χ4n) is 8.01. The highest BCUT2D eigenvalue weighted by molar-refractivity contribution is 5.91. The van der Waals surface area contributed by atoms with E-state index in [0.717, 1.165) is 0 Å². The van der Waals surface area contributed by atoms with Crippen LogP contribution in [0.4, 0.5) is 0 Å². The number of ether oxygens (including phenoxy) is 7. The number of Topliss-reactive ketones (excluding diaryl/α,β-unsaturated/α-hetero) is 1. The molecule has 3 fully saturated rings. The molecule has 2 aliphatic heterocycles. The molecule has 2 heterocycles. The molecule has 4 aromatic carbocycles. The first-order valence-corrected chi connectivity index (χ1v) is 19.5. The van der Waals surface area contributed by atoms with Gasteiger partial charge in [-0.3, -0.25) is 4.79 Å². The van der Waals surface area contributed by atoms with E-state index in [1.165, 1.54) is 0 Å². The van der Waals surface area contributed by atoms with Gasteiger partial charge in [0.05, 0.1) is 28.4 Å². The lowest BCUT2D eigenvalue weighted by atomic mass is 9.63. The Labute approximate surface area is 342 Å². The Morgan fingerprint density at radius 3 is 1.56 bits per heavy atom. The number of hydrogen-bond donors (Lipinski definition) is 0. The number of hydrogen-bond acceptors (Lipinski definition) is 12. The summed E-state index contributed by atoms with van der Waals surface area (Å²) in [6, 6.07) is 32.7. The fourth-order valence-corrected chi connectivity index (χ4v) is 8.01. The van der Waals surface area contributed by atoms with E-state index in [9.17, 15) is 24.0 Å². The van der Waals surface area contributed by atoms with Gasteiger partial charge in [0.1, 0.15) is 29.7 Å². The Morgan fingerprint density at radius 1 is 0.644 bits per heavy atom. The van der Waals surface area contributed by atoms with E-state index < -0.39 is 83.9 Å². The number of carbonyl (C=O) groups excluding carboxylic acids is 5. The molecule has 0 amide bonds. The van der Waals surface area contributed by atoms with Crippen LogP contribution in [0.2, 0.25) is 0 Å². The van der Waals surface area contributed by atoms with Crippen molar-refractivity contribution in [1.82, 2.24) is 0 Å². The number of benzene rings is 4. The van der Waals surface area contributed by atoms with Gasteiger partial charge in [-0.2, -0.15) is 0 Å². The van der Waals surface area contributed by atoms with E-state index in [-0.39, 0.29) is 34.5 Å². The molecule has 8 unspecified atom stereocenters. The van der Waals surface area contributed by atoms with Crippen molar-refractivity contribution in [2.45, 2.75) is 88.5 Å². The number of esters is 4. The van der Waals surface area contributed by atoms with Gasteiger partial charge in [-0.15, -0.1) is 0 Å². The molecule has 7 rings (SSSR count). The molecular weight excluding hydrogens is 757 g/mol. The first kappa shape index (κ1) is 41.2. The quantitative estimate of drug-likeness (QED) is 0.0585. The maximum Gasteiger partial charge on any atom is 0.338 e. The predicted octanol–water partition coefficient (Wildman–Crippen LogP) is 7.12. The number of ketones is 1. The van der Waals surface area contributed by atoms with Gasteiger partial charge in [0.2, 0.25) is 0 Å². The molecule has 59 heavy (non-hydrogen) atoms. The molecule has 12 heteroatoms. The second-order valence-corrected chi connectivity index (χ2v) is 15.8. The number of carbonyl (C=O) groups is 5. The number of epoxide rings is 1. The molecule has 8 atom stereocenters. The molecule has 4 aromatic rings. The molecule has 0 N–H and O–H groups in total. The Balaban J connectivity index is 1.26. The number of fused-ring (bicyclic) bond motifs is 1. The van der Waals surface area contributed by atoms with E-state index in [4.69, 9.17) is 33.2 Å². The van der Waals surface area contributed by atoms with Crippen LogP contribution in [0.15, 0.2) is 133 Å². The first-order valence-electron chi connectivity index (χ1n) is 19.5. The Morgan fingerprint density at radius 2 is 1.08 bits per heavy atom. The van der Waals surface area contributed by atoms with Crippen molar-refractivity contribution >= 4 is 29.7 Å². The van der Waals surface area contributed by atoms with E-state index in [0.29, 0.717) is 6.42 Å². The smallest absolute Gasteiger partial charge is 0.338 e. The molecule has 0 radical (unpaired) electrons. The van der Waals surface area contributed by atoms with Crippen molar-refractivity contribution in [2.75, 3.05) is 6.61 Å². The summed E-state index contributed by atoms with van der Waals surface area (Å²) in [6.07, 6.45) is -3.85. The lowest BCUT2D eigenvalue weighted by Crippen LogP contribution is -2.63. The summed E-state index contributed by atoms with van der Waals surface area (Å²) >= 11 is 0. The number of rotatable bonds is 13. The van der Waals surface area contributed by atoms with Crippen LogP contribution in [0.5, 0.6) is 0 Å². The zero-order valence-corrected chi connectivity index (χ0v) is 33.2. The van der Waals surface area contributed by atoms with Crippen molar-refractivity contribution in [3.05, 3.63) is 156 Å². The molecule has 0 spiro atoms. The predicted molar refractivity (Wildman–Crippen MR) is 212 cm³/mol. The summed E-state index contributed by atoms with van der Waals surface area (Å²) < 4.78 is 43.4. The lowest BCUT2D eigenvalue weighted by molar-refractivity contribution is -0.303. The average molecular weight is 803 g/mol. The molecule has 1 aliphatic carbocycles. The average Bonchev–Trinajstić information content (AvgIpc) is 3.87. The minimum absolute atomic E-state index is 0.125. The van der Waals surface area contributed by atoms with Crippen LogP contribution in [0, 0.1) is 5.41 Å².